The van der Waals surface area contributed by atoms with Crippen LogP contribution in [0.15, 0.2) is 24.3 Å². The second-order valence-corrected chi connectivity index (χ2v) is 7.83. The molecule has 1 aromatic rings. The topological polar surface area (TPSA) is 74.7 Å². The predicted molar refractivity (Wildman–Crippen MR) is 80.7 cm³/mol. The van der Waals surface area contributed by atoms with E-state index in [-0.39, 0.29) is 18.3 Å². The largest absolute Gasteiger partial charge is 0.396 e. The van der Waals surface area contributed by atoms with Crippen molar-refractivity contribution in [2.24, 2.45) is 5.92 Å². The fourth-order valence-electron chi connectivity index (χ4n) is 2.55. The number of amides is 1. The van der Waals surface area contributed by atoms with Crippen LogP contribution in [0.1, 0.15) is 28.8 Å². The van der Waals surface area contributed by atoms with E-state index in [9.17, 15) is 13.2 Å². The molecule has 21 heavy (non-hydrogen) atoms. The molecule has 0 aromatic heterocycles. The van der Waals surface area contributed by atoms with Crippen molar-refractivity contribution in [2.45, 2.75) is 18.6 Å². The van der Waals surface area contributed by atoms with Crippen LogP contribution in [0.4, 0.5) is 0 Å². The molecule has 1 aromatic carbocycles. The molecule has 1 N–H and O–H groups in total. The van der Waals surface area contributed by atoms with Gasteiger partial charge in [0.25, 0.3) is 5.91 Å². The molecule has 0 saturated carbocycles. The Hall–Kier alpha value is -1.40. The first-order chi connectivity index (χ1) is 9.89. The quantitative estimate of drug-likeness (QED) is 0.903. The van der Waals surface area contributed by atoms with Crippen LogP contribution in [-0.2, 0) is 15.6 Å². The first-order valence-corrected chi connectivity index (χ1v) is 9.12. The third-order valence-corrected chi connectivity index (χ3v) is 4.65. The molecule has 0 bridgehead atoms. The summed E-state index contributed by atoms with van der Waals surface area (Å²) in [4.78, 5) is 14.1. The van der Waals surface area contributed by atoms with Crippen molar-refractivity contribution in [3.05, 3.63) is 35.4 Å². The second kappa shape index (κ2) is 6.58. The van der Waals surface area contributed by atoms with Gasteiger partial charge in [0.1, 0.15) is 0 Å². The molecule has 116 valence electrons. The van der Waals surface area contributed by atoms with Gasteiger partial charge in [-0.1, -0.05) is 12.1 Å². The van der Waals surface area contributed by atoms with Crippen molar-refractivity contribution in [1.29, 1.82) is 0 Å². The Morgan fingerprint density at radius 3 is 2.29 bits per heavy atom. The zero-order valence-electron chi connectivity index (χ0n) is 12.2. The number of aliphatic hydroxyl groups is 1. The highest BCUT2D eigenvalue weighted by atomic mass is 32.2. The third kappa shape index (κ3) is 4.54. The first kappa shape index (κ1) is 16.0. The molecule has 1 fully saturated rings. The van der Waals surface area contributed by atoms with Gasteiger partial charge in [0.05, 0.1) is 5.75 Å². The number of sulfone groups is 1. The first-order valence-electron chi connectivity index (χ1n) is 7.06. The van der Waals surface area contributed by atoms with Crippen molar-refractivity contribution in [3.63, 3.8) is 0 Å². The normalized spacial score (nSPS) is 17.0. The van der Waals surface area contributed by atoms with Crippen LogP contribution < -0.4 is 0 Å². The Bertz CT molecular complexity index is 587. The molecule has 1 saturated heterocycles. The lowest BCUT2D eigenvalue weighted by molar-refractivity contribution is 0.0651. The molecule has 0 radical (unpaired) electrons. The van der Waals surface area contributed by atoms with Gasteiger partial charge in [-0.2, -0.15) is 0 Å². The average Bonchev–Trinajstić information content (AvgIpc) is 2.46. The minimum Gasteiger partial charge on any atom is -0.396 e. The number of rotatable bonds is 4. The Morgan fingerprint density at radius 2 is 1.81 bits per heavy atom. The van der Waals surface area contributed by atoms with Crippen LogP contribution in [0.3, 0.4) is 0 Å². The summed E-state index contributed by atoms with van der Waals surface area (Å²) in [5, 5.41) is 9.10. The highest BCUT2D eigenvalue weighted by molar-refractivity contribution is 7.89. The summed E-state index contributed by atoms with van der Waals surface area (Å²) in [5.41, 5.74) is 1.27. The molecule has 1 heterocycles. The summed E-state index contributed by atoms with van der Waals surface area (Å²) >= 11 is 0. The maximum Gasteiger partial charge on any atom is 0.253 e. The summed E-state index contributed by atoms with van der Waals surface area (Å²) in [7, 11) is -3.06. The Balaban J connectivity index is 2.00. The van der Waals surface area contributed by atoms with Gasteiger partial charge in [-0.05, 0) is 36.5 Å². The zero-order valence-corrected chi connectivity index (χ0v) is 13.0. The Labute approximate surface area is 125 Å². The number of nitrogens with zero attached hydrogens (tertiary/aromatic N) is 1. The lowest BCUT2D eigenvalue weighted by Gasteiger charge is -2.31. The van der Waals surface area contributed by atoms with Crippen molar-refractivity contribution in [1.82, 2.24) is 4.90 Å². The highest BCUT2D eigenvalue weighted by Crippen LogP contribution is 2.19. The number of benzene rings is 1. The van der Waals surface area contributed by atoms with Crippen molar-refractivity contribution in [3.8, 4) is 0 Å². The van der Waals surface area contributed by atoms with Crippen LogP contribution in [0.5, 0.6) is 0 Å². The van der Waals surface area contributed by atoms with Crippen LogP contribution >= 0.6 is 0 Å². The predicted octanol–water partition coefficient (Wildman–Crippen LogP) is 1.08. The summed E-state index contributed by atoms with van der Waals surface area (Å²) < 4.78 is 22.5. The van der Waals surface area contributed by atoms with E-state index in [0.717, 1.165) is 12.8 Å². The molecule has 6 heteroatoms. The average molecular weight is 311 g/mol. The lowest BCUT2D eigenvalue weighted by Crippen LogP contribution is -2.39. The molecule has 0 unspecified atom stereocenters. The van der Waals surface area contributed by atoms with Gasteiger partial charge in [0.15, 0.2) is 9.84 Å². The van der Waals surface area contributed by atoms with E-state index in [1.165, 1.54) is 6.26 Å². The smallest absolute Gasteiger partial charge is 0.253 e. The second-order valence-electron chi connectivity index (χ2n) is 5.69. The van der Waals surface area contributed by atoms with E-state index in [0.29, 0.717) is 30.1 Å². The van der Waals surface area contributed by atoms with Crippen molar-refractivity contribution < 1.29 is 18.3 Å². The van der Waals surface area contributed by atoms with Gasteiger partial charge < -0.3 is 10.0 Å². The zero-order chi connectivity index (χ0) is 15.5. The minimum atomic E-state index is -3.06. The summed E-state index contributed by atoms with van der Waals surface area (Å²) in [6, 6.07) is 6.74. The molecule has 0 aliphatic carbocycles. The van der Waals surface area contributed by atoms with Crippen molar-refractivity contribution in [2.75, 3.05) is 26.0 Å². The van der Waals surface area contributed by atoms with E-state index in [1.54, 1.807) is 29.2 Å². The molecule has 1 aliphatic rings. The van der Waals surface area contributed by atoms with Gasteiger partial charge in [-0.25, -0.2) is 8.42 Å². The minimum absolute atomic E-state index is 0.0106. The van der Waals surface area contributed by atoms with Gasteiger partial charge in [-0.15, -0.1) is 0 Å². The molecule has 0 spiro atoms. The van der Waals surface area contributed by atoms with E-state index in [1.807, 2.05) is 0 Å². The highest BCUT2D eigenvalue weighted by Gasteiger charge is 2.23. The lowest BCUT2D eigenvalue weighted by atomic mass is 9.97. The molecule has 1 aliphatic heterocycles. The van der Waals surface area contributed by atoms with E-state index in [2.05, 4.69) is 0 Å². The van der Waals surface area contributed by atoms with Crippen LogP contribution in [0, 0.1) is 5.92 Å². The molecule has 2 rings (SSSR count). The van der Waals surface area contributed by atoms with Gasteiger partial charge in [-0.3, -0.25) is 4.79 Å². The molecule has 1 amide bonds. The number of piperidine rings is 1. The molecular weight excluding hydrogens is 290 g/mol. The van der Waals surface area contributed by atoms with E-state index >= 15 is 0 Å². The fourth-order valence-corrected chi connectivity index (χ4v) is 3.35. The SMILES string of the molecule is CS(=O)(=O)Cc1ccc(C(=O)N2CCC(CO)CC2)cc1. The number of aliphatic hydroxyl groups excluding tert-OH is 1. The Kier molecular flexibility index (Phi) is 5.00. The van der Waals surface area contributed by atoms with E-state index in [4.69, 9.17) is 5.11 Å². The van der Waals surface area contributed by atoms with Crippen LogP contribution in [0.2, 0.25) is 0 Å². The van der Waals surface area contributed by atoms with Gasteiger partial charge >= 0.3 is 0 Å². The molecule has 5 nitrogen and oxygen atoms in total. The number of hydrogen-bond acceptors (Lipinski definition) is 4. The van der Waals surface area contributed by atoms with E-state index < -0.39 is 9.84 Å². The third-order valence-electron chi connectivity index (χ3n) is 3.79. The fraction of sp³-hybridized carbons (Fsp3) is 0.533. The summed E-state index contributed by atoms with van der Waals surface area (Å²) in [6.45, 7) is 1.51. The number of likely N-dealkylation sites (tertiary alicyclic amines) is 1. The maximum absolute atomic E-state index is 12.3. The number of carbonyl (C=O) groups excluding carboxylic acids is 1. The van der Waals surface area contributed by atoms with Crippen LogP contribution in [-0.4, -0.2) is 50.3 Å². The van der Waals surface area contributed by atoms with Crippen LogP contribution in [0.25, 0.3) is 0 Å². The standard InChI is InChI=1S/C15H21NO4S/c1-21(19,20)11-13-2-4-14(5-3-13)15(18)16-8-6-12(10-17)7-9-16/h2-5,12,17H,6-11H2,1H3. The summed E-state index contributed by atoms with van der Waals surface area (Å²) in [6.07, 6.45) is 2.85. The molecule has 0 atom stereocenters. The molecular formula is C15H21NO4S. The number of carbonyl (C=O) groups is 1. The van der Waals surface area contributed by atoms with Crippen molar-refractivity contribution >= 4 is 15.7 Å². The van der Waals surface area contributed by atoms with Gasteiger partial charge in [0.2, 0.25) is 0 Å². The number of hydrogen-bond donors (Lipinski definition) is 1. The maximum atomic E-state index is 12.3. The Morgan fingerprint density at radius 1 is 1.24 bits per heavy atom. The van der Waals surface area contributed by atoms with Gasteiger partial charge in [0, 0.05) is 31.5 Å². The monoisotopic (exact) mass is 311 g/mol. The summed E-state index contributed by atoms with van der Waals surface area (Å²) in [5.74, 6) is 0.257.